The minimum atomic E-state index is 0.702. The molecular formula is C17H29N3. The van der Waals surface area contributed by atoms with E-state index in [2.05, 4.69) is 30.7 Å². The molecule has 2 aliphatic rings. The van der Waals surface area contributed by atoms with Gasteiger partial charge in [0.15, 0.2) is 0 Å². The third kappa shape index (κ3) is 2.41. The molecule has 1 N–H and O–H groups in total. The van der Waals surface area contributed by atoms with Crippen molar-refractivity contribution in [2.24, 2.45) is 11.8 Å². The van der Waals surface area contributed by atoms with Gasteiger partial charge in [-0.25, -0.2) is 4.98 Å². The Morgan fingerprint density at radius 2 is 2.10 bits per heavy atom. The van der Waals surface area contributed by atoms with Gasteiger partial charge in [0.1, 0.15) is 5.82 Å². The Morgan fingerprint density at radius 3 is 2.85 bits per heavy atom. The molecule has 3 heteroatoms. The summed E-state index contributed by atoms with van der Waals surface area (Å²) < 4.78 is 2.67. The number of nitrogens with zero attached hydrogens (tertiary/aromatic N) is 2. The summed E-state index contributed by atoms with van der Waals surface area (Å²) in [5.74, 6) is 2.95. The van der Waals surface area contributed by atoms with Gasteiger partial charge in [0.05, 0.1) is 5.69 Å². The van der Waals surface area contributed by atoms with E-state index in [4.69, 9.17) is 4.98 Å². The van der Waals surface area contributed by atoms with Gasteiger partial charge in [-0.3, -0.25) is 0 Å². The minimum absolute atomic E-state index is 0.702. The first-order valence-corrected chi connectivity index (χ1v) is 8.52. The zero-order chi connectivity index (χ0) is 14.1. The Labute approximate surface area is 123 Å². The lowest BCUT2D eigenvalue weighted by Crippen LogP contribution is -2.31. The molecule has 0 aromatic carbocycles. The van der Waals surface area contributed by atoms with Crippen molar-refractivity contribution in [3.63, 3.8) is 0 Å². The van der Waals surface area contributed by atoms with Crippen molar-refractivity contribution in [1.29, 1.82) is 0 Å². The normalized spacial score (nSPS) is 26.8. The van der Waals surface area contributed by atoms with E-state index in [-0.39, 0.29) is 0 Å². The van der Waals surface area contributed by atoms with Crippen LogP contribution in [-0.2, 0) is 19.4 Å². The topological polar surface area (TPSA) is 29.9 Å². The lowest BCUT2D eigenvalue weighted by molar-refractivity contribution is 0.178. The Kier molecular flexibility index (Phi) is 4.16. The fourth-order valence-electron chi connectivity index (χ4n) is 4.27. The quantitative estimate of drug-likeness (QED) is 0.915. The highest BCUT2D eigenvalue weighted by atomic mass is 15.1. The molecule has 2 heterocycles. The second-order valence-corrected chi connectivity index (χ2v) is 6.83. The van der Waals surface area contributed by atoms with Crippen LogP contribution in [0.25, 0.3) is 0 Å². The summed E-state index contributed by atoms with van der Waals surface area (Å²) in [6.07, 6.45) is 7.78. The average Bonchev–Trinajstić information content (AvgIpc) is 2.85. The lowest BCUT2D eigenvalue weighted by atomic mass is 9.77. The molecule has 3 nitrogen and oxygen atoms in total. The molecule has 2 unspecified atom stereocenters. The number of hydrogen-bond donors (Lipinski definition) is 1. The van der Waals surface area contributed by atoms with Crippen LogP contribution in [0.15, 0.2) is 0 Å². The van der Waals surface area contributed by atoms with Gasteiger partial charge >= 0.3 is 0 Å². The first kappa shape index (κ1) is 14.1. The van der Waals surface area contributed by atoms with Crippen molar-refractivity contribution in [2.45, 2.75) is 71.9 Å². The second-order valence-electron chi connectivity index (χ2n) is 6.83. The molecule has 20 heavy (non-hydrogen) atoms. The Balaban J connectivity index is 2.00. The summed E-state index contributed by atoms with van der Waals surface area (Å²) in [5.41, 5.74) is 2.86. The fourth-order valence-corrected chi connectivity index (χ4v) is 4.27. The van der Waals surface area contributed by atoms with Crippen LogP contribution < -0.4 is 5.32 Å². The number of rotatable bonds is 3. The van der Waals surface area contributed by atoms with Crippen molar-refractivity contribution >= 4 is 0 Å². The monoisotopic (exact) mass is 275 g/mol. The van der Waals surface area contributed by atoms with Crippen molar-refractivity contribution in [2.75, 3.05) is 6.54 Å². The summed E-state index contributed by atoms with van der Waals surface area (Å²) in [4.78, 5) is 4.94. The van der Waals surface area contributed by atoms with Gasteiger partial charge in [0.25, 0.3) is 0 Å². The summed E-state index contributed by atoms with van der Waals surface area (Å²) in [6.45, 7) is 9.14. The van der Waals surface area contributed by atoms with Crippen molar-refractivity contribution in [3.05, 3.63) is 17.2 Å². The number of nitrogens with one attached hydrogen (secondary N) is 1. The van der Waals surface area contributed by atoms with Crippen LogP contribution in [-0.4, -0.2) is 16.1 Å². The van der Waals surface area contributed by atoms with E-state index in [1.54, 1.807) is 0 Å². The predicted molar refractivity (Wildman–Crippen MR) is 82.8 cm³/mol. The maximum absolute atomic E-state index is 4.94. The van der Waals surface area contributed by atoms with Crippen LogP contribution in [0.2, 0.25) is 0 Å². The van der Waals surface area contributed by atoms with Crippen molar-refractivity contribution in [3.8, 4) is 0 Å². The zero-order valence-electron chi connectivity index (χ0n) is 13.3. The van der Waals surface area contributed by atoms with Gasteiger partial charge < -0.3 is 9.88 Å². The average molecular weight is 275 g/mol. The molecule has 0 saturated heterocycles. The largest absolute Gasteiger partial charge is 0.328 e. The third-order valence-corrected chi connectivity index (χ3v) is 5.28. The molecule has 2 atom stereocenters. The van der Waals surface area contributed by atoms with Gasteiger partial charge in [0.2, 0.25) is 0 Å². The first-order chi connectivity index (χ1) is 9.72. The van der Waals surface area contributed by atoms with Gasteiger partial charge in [-0.2, -0.15) is 0 Å². The van der Waals surface area contributed by atoms with Gasteiger partial charge in [0, 0.05) is 37.7 Å². The molecule has 0 bridgehead atoms. The minimum Gasteiger partial charge on any atom is -0.328 e. The molecule has 1 aliphatic heterocycles. The van der Waals surface area contributed by atoms with E-state index in [9.17, 15) is 0 Å². The summed E-state index contributed by atoms with van der Waals surface area (Å²) in [7, 11) is 0. The number of fused-ring (bicyclic) bond motifs is 1. The molecule has 1 saturated carbocycles. The van der Waals surface area contributed by atoms with Crippen molar-refractivity contribution < 1.29 is 0 Å². The van der Waals surface area contributed by atoms with E-state index < -0.39 is 0 Å². The maximum Gasteiger partial charge on any atom is 0.109 e. The van der Waals surface area contributed by atoms with Gasteiger partial charge in [-0.05, 0) is 24.7 Å². The van der Waals surface area contributed by atoms with Crippen LogP contribution in [0.1, 0.15) is 69.7 Å². The van der Waals surface area contributed by atoms with Gasteiger partial charge in [-0.15, -0.1) is 0 Å². The van der Waals surface area contributed by atoms with Crippen LogP contribution in [0.4, 0.5) is 0 Å². The molecular weight excluding hydrogens is 246 g/mol. The van der Waals surface area contributed by atoms with E-state index in [1.165, 1.54) is 42.9 Å². The van der Waals surface area contributed by atoms with E-state index in [0.717, 1.165) is 37.8 Å². The number of aryl methyl sites for hydroxylation is 1. The molecule has 0 spiro atoms. The maximum atomic E-state index is 4.94. The predicted octanol–water partition coefficient (Wildman–Crippen LogP) is 3.48. The summed E-state index contributed by atoms with van der Waals surface area (Å²) in [5, 5.41) is 3.47. The highest BCUT2D eigenvalue weighted by molar-refractivity contribution is 5.22. The first-order valence-electron chi connectivity index (χ1n) is 8.52. The number of hydrogen-bond acceptors (Lipinski definition) is 2. The summed E-state index contributed by atoms with van der Waals surface area (Å²) >= 11 is 0. The number of imidazole rings is 1. The molecule has 3 rings (SSSR count). The van der Waals surface area contributed by atoms with E-state index in [0.29, 0.717) is 6.04 Å². The Morgan fingerprint density at radius 1 is 1.30 bits per heavy atom. The molecule has 1 aliphatic carbocycles. The lowest BCUT2D eigenvalue weighted by Gasteiger charge is -2.37. The number of aromatic nitrogens is 2. The van der Waals surface area contributed by atoms with Crippen molar-refractivity contribution in [1.82, 2.24) is 14.9 Å². The standard InChI is InChI=1S/C17H29N3/c1-4-17-19-14-11-18-10-9-16(14)20(17)15-8-6-5-7-13(15)12(2)3/h12-13,15,18H,4-11H2,1-3H3. The highest BCUT2D eigenvalue weighted by Gasteiger charge is 2.32. The van der Waals surface area contributed by atoms with E-state index >= 15 is 0 Å². The molecule has 1 aromatic rings. The van der Waals surface area contributed by atoms with Crippen LogP contribution in [0.5, 0.6) is 0 Å². The van der Waals surface area contributed by atoms with Gasteiger partial charge in [-0.1, -0.05) is 33.6 Å². The Hall–Kier alpha value is -0.830. The molecule has 0 amide bonds. The molecule has 0 radical (unpaired) electrons. The molecule has 112 valence electrons. The Bertz CT molecular complexity index is 461. The smallest absolute Gasteiger partial charge is 0.109 e. The van der Waals surface area contributed by atoms with E-state index in [1.807, 2.05) is 0 Å². The second kappa shape index (κ2) is 5.88. The van der Waals surface area contributed by atoms with Crippen LogP contribution in [0.3, 0.4) is 0 Å². The molecule has 1 aromatic heterocycles. The van der Waals surface area contributed by atoms with Crippen LogP contribution >= 0.6 is 0 Å². The van der Waals surface area contributed by atoms with Crippen LogP contribution in [0, 0.1) is 11.8 Å². The fraction of sp³-hybridized carbons (Fsp3) is 0.824. The molecule has 1 fully saturated rings. The highest BCUT2D eigenvalue weighted by Crippen LogP contribution is 2.40. The SMILES string of the molecule is CCc1nc2c(n1C1CCCCC1C(C)C)CCNC2. The zero-order valence-corrected chi connectivity index (χ0v) is 13.3. The summed E-state index contributed by atoms with van der Waals surface area (Å²) in [6, 6.07) is 0.702. The third-order valence-electron chi connectivity index (χ3n) is 5.28.